The maximum absolute atomic E-state index is 13.0. The van der Waals surface area contributed by atoms with Crippen molar-refractivity contribution in [2.24, 2.45) is 5.73 Å². The van der Waals surface area contributed by atoms with Crippen LogP contribution in [-0.2, 0) is 33.6 Å². The second-order valence-corrected chi connectivity index (χ2v) is 9.47. The molecule has 0 radical (unpaired) electrons. The van der Waals surface area contributed by atoms with Crippen molar-refractivity contribution in [2.75, 3.05) is 6.54 Å². The molecule has 1 fully saturated rings. The van der Waals surface area contributed by atoms with Gasteiger partial charge in [-0.15, -0.1) is 0 Å². The van der Waals surface area contributed by atoms with E-state index in [1.165, 1.54) is 46.4 Å². The van der Waals surface area contributed by atoms with Gasteiger partial charge < -0.3 is 42.3 Å². The van der Waals surface area contributed by atoms with Gasteiger partial charge >= 0.3 is 5.97 Å². The molecular formula is C23H39N7O8. The zero-order valence-corrected chi connectivity index (χ0v) is 22.5. The van der Waals surface area contributed by atoms with Crippen molar-refractivity contribution >= 4 is 41.4 Å². The van der Waals surface area contributed by atoms with E-state index in [4.69, 9.17) is 10.8 Å². The number of carbonyl (C=O) groups is 7. The number of nitrogens with zero attached hydrogens (tertiary/aromatic N) is 1. The molecule has 6 amide bonds. The molecule has 0 aromatic rings. The molecule has 15 nitrogen and oxygen atoms in total. The average molecular weight is 542 g/mol. The summed E-state index contributed by atoms with van der Waals surface area (Å²) < 4.78 is 0. The smallest absolute Gasteiger partial charge is 0.325 e. The quantitative estimate of drug-likeness (QED) is 0.133. The largest absolute Gasteiger partial charge is 0.480 e. The van der Waals surface area contributed by atoms with Gasteiger partial charge in [-0.3, -0.25) is 33.6 Å². The maximum atomic E-state index is 13.0. The lowest BCUT2D eigenvalue weighted by molar-refractivity contribution is -0.142. The highest BCUT2D eigenvalue weighted by Crippen LogP contribution is 2.19. The van der Waals surface area contributed by atoms with E-state index in [-0.39, 0.29) is 6.54 Å². The SMILES string of the molecule is C[C@H](N)C(=O)N[C@@H](C)C(=O)N[C@@H](C)C(=O)N1CCC[C@H]1C(=O)N[C@@H](C)C(=O)N[C@@H](C)C(=O)N[C@@H](C)C(=O)O. The number of aliphatic carboxylic acids is 1. The monoisotopic (exact) mass is 541 g/mol. The van der Waals surface area contributed by atoms with Crippen LogP contribution in [0.2, 0.25) is 0 Å². The standard InChI is InChI=1S/C23H39N7O8/c1-10(24)17(31)25-11(2)19(33)28-14(5)22(36)30-9-7-8-16(30)21(35)27-13(4)18(32)26-12(3)20(34)29-15(6)23(37)38/h10-16H,7-9,24H2,1-6H3,(H,25,31)(H,26,32)(H,27,35)(H,28,33)(H,29,34)(H,37,38)/t10-,11-,12-,13-,14-,15-,16-/m0/s1. The molecule has 1 rings (SSSR count). The van der Waals surface area contributed by atoms with Crippen LogP contribution in [0.3, 0.4) is 0 Å². The molecule has 38 heavy (non-hydrogen) atoms. The minimum Gasteiger partial charge on any atom is -0.480 e. The highest BCUT2D eigenvalue weighted by Gasteiger charge is 2.37. The summed E-state index contributed by atoms with van der Waals surface area (Å²) in [6.07, 6.45) is 0.879. The summed E-state index contributed by atoms with van der Waals surface area (Å²) >= 11 is 0. The lowest BCUT2D eigenvalue weighted by Crippen LogP contribution is -2.58. The zero-order valence-electron chi connectivity index (χ0n) is 22.5. The number of rotatable bonds is 12. The molecule has 0 bridgehead atoms. The van der Waals surface area contributed by atoms with E-state index in [0.29, 0.717) is 12.8 Å². The van der Waals surface area contributed by atoms with Crippen LogP contribution in [0.1, 0.15) is 54.4 Å². The van der Waals surface area contributed by atoms with Gasteiger partial charge in [0, 0.05) is 6.54 Å². The van der Waals surface area contributed by atoms with Gasteiger partial charge in [0.15, 0.2) is 0 Å². The number of carboxylic acids is 1. The van der Waals surface area contributed by atoms with Crippen LogP contribution in [0.5, 0.6) is 0 Å². The first-order valence-corrected chi connectivity index (χ1v) is 12.4. The highest BCUT2D eigenvalue weighted by molar-refractivity contribution is 5.96. The molecule has 15 heteroatoms. The minimum absolute atomic E-state index is 0.271. The van der Waals surface area contributed by atoms with Gasteiger partial charge in [0.1, 0.15) is 36.3 Å². The summed E-state index contributed by atoms with van der Waals surface area (Å²) in [4.78, 5) is 86.6. The third-order valence-electron chi connectivity index (χ3n) is 5.97. The lowest BCUT2D eigenvalue weighted by atomic mass is 10.1. The predicted octanol–water partition coefficient (Wildman–Crippen LogP) is -3.07. The molecule has 214 valence electrons. The van der Waals surface area contributed by atoms with E-state index in [0.717, 1.165) is 0 Å². The van der Waals surface area contributed by atoms with Gasteiger partial charge in [-0.2, -0.15) is 0 Å². The Morgan fingerprint density at radius 3 is 1.58 bits per heavy atom. The van der Waals surface area contributed by atoms with Crippen molar-refractivity contribution in [3.63, 3.8) is 0 Å². The third-order valence-corrected chi connectivity index (χ3v) is 5.97. The molecule has 0 spiro atoms. The lowest BCUT2D eigenvalue weighted by Gasteiger charge is -2.28. The van der Waals surface area contributed by atoms with E-state index in [2.05, 4.69) is 26.6 Å². The van der Waals surface area contributed by atoms with Crippen molar-refractivity contribution in [1.82, 2.24) is 31.5 Å². The number of carbonyl (C=O) groups excluding carboxylic acids is 6. The van der Waals surface area contributed by atoms with Crippen LogP contribution in [-0.4, -0.2) is 100 Å². The van der Waals surface area contributed by atoms with E-state index in [1.54, 1.807) is 0 Å². The number of likely N-dealkylation sites (tertiary alicyclic amines) is 1. The first-order chi connectivity index (χ1) is 17.6. The van der Waals surface area contributed by atoms with E-state index in [1.807, 2.05) is 0 Å². The van der Waals surface area contributed by atoms with Gasteiger partial charge in [0.2, 0.25) is 35.4 Å². The summed E-state index contributed by atoms with van der Waals surface area (Å²) in [5, 5.41) is 21.0. The van der Waals surface area contributed by atoms with Crippen LogP contribution in [0.4, 0.5) is 0 Å². The first kappa shape index (κ1) is 32.3. The molecule has 1 saturated heterocycles. The fourth-order valence-corrected chi connectivity index (χ4v) is 3.54. The molecule has 1 heterocycles. The minimum atomic E-state index is -1.23. The Labute approximate surface area is 221 Å². The van der Waals surface area contributed by atoms with Gasteiger partial charge in [0.05, 0.1) is 6.04 Å². The molecule has 0 aliphatic carbocycles. The van der Waals surface area contributed by atoms with Crippen molar-refractivity contribution in [3.8, 4) is 0 Å². The Hall–Kier alpha value is -3.75. The van der Waals surface area contributed by atoms with Crippen molar-refractivity contribution in [1.29, 1.82) is 0 Å². The summed E-state index contributed by atoms with van der Waals surface area (Å²) in [5.74, 6) is -4.82. The van der Waals surface area contributed by atoms with Gasteiger partial charge in [-0.25, -0.2) is 0 Å². The molecule has 8 N–H and O–H groups in total. The number of hydrogen-bond acceptors (Lipinski definition) is 8. The predicted molar refractivity (Wildman–Crippen MR) is 134 cm³/mol. The molecule has 0 unspecified atom stereocenters. The van der Waals surface area contributed by atoms with Crippen LogP contribution >= 0.6 is 0 Å². The number of nitrogens with two attached hydrogens (primary N) is 1. The average Bonchev–Trinajstić information content (AvgIpc) is 3.32. The van der Waals surface area contributed by atoms with Gasteiger partial charge in [-0.1, -0.05) is 0 Å². The normalized spacial score (nSPS) is 19.6. The topological polar surface area (TPSA) is 229 Å². The second kappa shape index (κ2) is 14.3. The molecule has 7 atom stereocenters. The number of amides is 6. The van der Waals surface area contributed by atoms with Crippen molar-refractivity contribution < 1.29 is 38.7 Å². The van der Waals surface area contributed by atoms with E-state index in [9.17, 15) is 33.6 Å². The number of carboxylic acid groups (broad SMARTS) is 1. The zero-order chi connectivity index (χ0) is 29.3. The Balaban J connectivity index is 2.68. The van der Waals surface area contributed by atoms with Crippen molar-refractivity contribution in [2.45, 2.75) is 96.7 Å². The summed E-state index contributed by atoms with van der Waals surface area (Å²) in [5.41, 5.74) is 5.47. The van der Waals surface area contributed by atoms with Crippen LogP contribution in [0.25, 0.3) is 0 Å². The first-order valence-electron chi connectivity index (χ1n) is 12.4. The Morgan fingerprint density at radius 2 is 1.11 bits per heavy atom. The second-order valence-electron chi connectivity index (χ2n) is 9.47. The Morgan fingerprint density at radius 1 is 0.684 bits per heavy atom. The molecule has 0 aromatic carbocycles. The Bertz CT molecular complexity index is 941. The Kier molecular flexibility index (Phi) is 12.1. The third kappa shape index (κ3) is 9.28. The molecule has 0 saturated carbocycles. The van der Waals surface area contributed by atoms with Crippen molar-refractivity contribution in [3.05, 3.63) is 0 Å². The summed E-state index contributed by atoms with van der Waals surface area (Å²) in [6, 6.07) is -6.86. The van der Waals surface area contributed by atoms with Gasteiger partial charge in [-0.05, 0) is 54.4 Å². The van der Waals surface area contributed by atoms with E-state index < -0.39 is 83.7 Å². The fourth-order valence-electron chi connectivity index (χ4n) is 3.54. The molecular weight excluding hydrogens is 502 g/mol. The van der Waals surface area contributed by atoms with Crippen LogP contribution in [0.15, 0.2) is 0 Å². The fraction of sp³-hybridized carbons (Fsp3) is 0.696. The van der Waals surface area contributed by atoms with E-state index >= 15 is 0 Å². The van der Waals surface area contributed by atoms with Gasteiger partial charge in [0.25, 0.3) is 0 Å². The molecule has 1 aliphatic heterocycles. The van der Waals surface area contributed by atoms with Crippen LogP contribution in [0, 0.1) is 0 Å². The summed E-state index contributed by atoms with van der Waals surface area (Å²) in [6.45, 7) is 8.69. The molecule has 1 aliphatic rings. The van der Waals surface area contributed by atoms with Crippen LogP contribution < -0.4 is 32.3 Å². The summed E-state index contributed by atoms with van der Waals surface area (Å²) in [7, 11) is 0. The molecule has 0 aromatic heterocycles. The highest BCUT2D eigenvalue weighted by atomic mass is 16.4. The number of hydrogen-bond donors (Lipinski definition) is 7. The number of nitrogens with one attached hydrogen (secondary N) is 5. The maximum Gasteiger partial charge on any atom is 0.325 e.